The van der Waals surface area contributed by atoms with Crippen LogP contribution in [0, 0.1) is 0 Å². The molecule has 1 saturated carbocycles. The molecule has 1 unspecified atom stereocenters. The fourth-order valence-electron chi connectivity index (χ4n) is 3.67. The van der Waals surface area contributed by atoms with Gasteiger partial charge in [-0.3, -0.25) is 9.69 Å². The first-order valence-corrected chi connectivity index (χ1v) is 6.71. The third-order valence-electron chi connectivity index (χ3n) is 4.37. The molecule has 0 aromatic rings. The molecule has 3 nitrogen and oxygen atoms in total. The number of nitrogens with zero attached hydrogens (tertiary/aromatic N) is 1. The van der Waals surface area contributed by atoms with Crippen molar-refractivity contribution in [1.29, 1.82) is 0 Å². The van der Waals surface area contributed by atoms with Crippen LogP contribution in [0.1, 0.15) is 58.3 Å². The molecule has 3 heteroatoms. The quantitative estimate of drug-likeness (QED) is 0.799. The summed E-state index contributed by atoms with van der Waals surface area (Å²) in [5.74, 6) is -0.584. The molecule has 92 valence electrons. The lowest BCUT2D eigenvalue weighted by Crippen LogP contribution is -2.54. The lowest BCUT2D eigenvalue weighted by Gasteiger charge is -2.38. The molecule has 1 saturated heterocycles. The number of aliphatic carboxylic acids is 1. The van der Waals surface area contributed by atoms with Crippen molar-refractivity contribution in [3.05, 3.63) is 0 Å². The average molecular weight is 225 g/mol. The zero-order chi connectivity index (χ0) is 11.6. The first-order chi connectivity index (χ1) is 7.70. The van der Waals surface area contributed by atoms with Crippen molar-refractivity contribution < 1.29 is 9.90 Å². The van der Waals surface area contributed by atoms with Gasteiger partial charge in [0.05, 0.1) is 0 Å². The predicted molar refractivity (Wildman–Crippen MR) is 63.5 cm³/mol. The second-order valence-corrected chi connectivity index (χ2v) is 5.32. The highest BCUT2D eigenvalue weighted by molar-refractivity contribution is 5.79. The van der Waals surface area contributed by atoms with Crippen LogP contribution in [-0.4, -0.2) is 34.1 Å². The fourth-order valence-corrected chi connectivity index (χ4v) is 3.67. The highest BCUT2D eigenvalue weighted by atomic mass is 16.4. The largest absolute Gasteiger partial charge is 0.480 e. The molecule has 1 atom stereocenters. The summed E-state index contributed by atoms with van der Waals surface area (Å²) in [6, 6.07) is 0.546. The molecule has 0 spiro atoms. The first-order valence-electron chi connectivity index (χ1n) is 6.71. The summed E-state index contributed by atoms with van der Waals surface area (Å²) in [6.07, 6.45) is 8.67. The van der Waals surface area contributed by atoms with Gasteiger partial charge in [0, 0.05) is 6.04 Å². The molecule has 1 heterocycles. The fraction of sp³-hybridized carbons (Fsp3) is 0.923. The Bertz CT molecular complexity index is 261. The van der Waals surface area contributed by atoms with Crippen molar-refractivity contribution in [1.82, 2.24) is 4.90 Å². The molecule has 0 aromatic carbocycles. The van der Waals surface area contributed by atoms with Crippen LogP contribution in [0.25, 0.3) is 0 Å². The van der Waals surface area contributed by atoms with Gasteiger partial charge < -0.3 is 5.11 Å². The maximum atomic E-state index is 11.6. The summed E-state index contributed by atoms with van der Waals surface area (Å²) in [5, 5.41) is 9.58. The van der Waals surface area contributed by atoms with E-state index in [1.165, 1.54) is 25.7 Å². The van der Waals surface area contributed by atoms with E-state index in [1.807, 2.05) is 0 Å². The Kier molecular flexibility index (Phi) is 3.53. The summed E-state index contributed by atoms with van der Waals surface area (Å²) >= 11 is 0. The third kappa shape index (κ3) is 1.86. The molecular weight excluding hydrogens is 202 g/mol. The minimum atomic E-state index is -0.584. The summed E-state index contributed by atoms with van der Waals surface area (Å²) < 4.78 is 0. The van der Waals surface area contributed by atoms with E-state index in [0.29, 0.717) is 6.04 Å². The van der Waals surface area contributed by atoms with Crippen LogP contribution in [0.2, 0.25) is 0 Å². The van der Waals surface area contributed by atoms with Gasteiger partial charge in [-0.25, -0.2) is 0 Å². The summed E-state index contributed by atoms with van der Waals surface area (Å²) in [7, 11) is 0. The number of carboxylic acids is 1. The molecule has 0 radical (unpaired) electrons. The van der Waals surface area contributed by atoms with Crippen LogP contribution < -0.4 is 0 Å². The normalized spacial score (nSPS) is 32.3. The van der Waals surface area contributed by atoms with Crippen molar-refractivity contribution in [2.45, 2.75) is 69.9 Å². The molecule has 16 heavy (non-hydrogen) atoms. The Morgan fingerprint density at radius 1 is 1.38 bits per heavy atom. The van der Waals surface area contributed by atoms with Crippen molar-refractivity contribution in [3.63, 3.8) is 0 Å². The van der Waals surface area contributed by atoms with Crippen molar-refractivity contribution in [2.24, 2.45) is 0 Å². The Morgan fingerprint density at radius 2 is 2.06 bits per heavy atom. The van der Waals surface area contributed by atoms with E-state index >= 15 is 0 Å². The van der Waals surface area contributed by atoms with E-state index in [1.54, 1.807) is 0 Å². The number of rotatable bonds is 4. The van der Waals surface area contributed by atoms with Gasteiger partial charge in [0.1, 0.15) is 5.54 Å². The van der Waals surface area contributed by atoms with Gasteiger partial charge in [-0.05, 0) is 38.6 Å². The predicted octanol–water partition coefficient (Wildman–Crippen LogP) is 2.65. The zero-order valence-corrected chi connectivity index (χ0v) is 10.2. The van der Waals surface area contributed by atoms with Gasteiger partial charge in [0.2, 0.25) is 0 Å². The second-order valence-electron chi connectivity index (χ2n) is 5.32. The van der Waals surface area contributed by atoms with Gasteiger partial charge in [-0.2, -0.15) is 0 Å². The average Bonchev–Trinajstić information content (AvgIpc) is 2.85. The maximum Gasteiger partial charge on any atom is 0.324 e. The minimum absolute atomic E-state index is 0.524. The number of carboxylic acid groups (broad SMARTS) is 1. The first kappa shape index (κ1) is 11.9. The Hall–Kier alpha value is -0.570. The molecule has 0 aromatic heterocycles. The highest BCUT2D eigenvalue weighted by Gasteiger charge is 2.49. The molecule has 2 aliphatic rings. The van der Waals surface area contributed by atoms with Crippen LogP contribution in [0.4, 0.5) is 0 Å². The summed E-state index contributed by atoms with van der Waals surface area (Å²) in [5.41, 5.74) is -0.524. The van der Waals surface area contributed by atoms with E-state index in [0.717, 1.165) is 32.2 Å². The minimum Gasteiger partial charge on any atom is -0.480 e. The molecular formula is C13H23NO2. The second kappa shape index (κ2) is 4.74. The molecule has 2 fully saturated rings. The van der Waals surface area contributed by atoms with Crippen LogP contribution in [0.5, 0.6) is 0 Å². The standard InChI is InChI=1S/C13H23NO2/c1-2-8-13(12(15)16)9-5-10-14(13)11-6-3-4-7-11/h11H,2-10H2,1H3,(H,15,16). The smallest absolute Gasteiger partial charge is 0.324 e. The van der Waals surface area contributed by atoms with Gasteiger partial charge >= 0.3 is 5.97 Å². The van der Waals surface area contributed by atoms with Gasteiger partial charge in [-0.1, -0.05) is 26.2 Å². The van der Waals surface area contributed by atoms with E-state index in [2.05, 4.69) is 11.8 Å². The Labute approximate surface area is 97.8 Å². The third-order valence-corrected chi connectivity index (χ3v) is 4.37. The monoisotopic (exact) mass is 225 g/mol. The van der Waals surface area contributed by atoms with Crippen molar-refractivity contribution in [3.8, 4) is 0 Å². The molecule has 1 aliphatic carbocycles. The highest BCUT2D eigenvalue weighted by Crippen LogP contribution is 2.39. The number of likely N-dealkylation sites (tertiary alicyclic amines) is 1. The maximum absolute atomic E-state index is 11.6. The van der Waals surface area contributed by atoms with Gasteiger partial charge in [-0.15, -0.1) is 0 Å². The topological polar surface area (TPSA) is 40.5 Å². The van der Waals surface area contributed by atoms with Crippen molar-refractivity contribution in [2.75, 3.05) is 6.54 Å². The van der Waals surface area contributed by atoms with Crippen LogP contribution in [0.15, 0.2) is 0 Å². The molecule has 2 rings (SSSR count). The van der Waals surface area contributed by atoms with E-state index < -0.39 is 11.5 Å². The van der Waals surface area contributed by atoms with E-state index in [4.69, 9.17) is 0 Å². The Balaban J connectivity index is 2.17. The SMILES string of the molecule is CCCC1(C(=O)O)CCCN1C1CCCC1. The molecule has 0 amide bonds. The van der Waals surface area contributed by atoms with Crippen LogP contribution in [0.3, 0.4) is 0 Å². The van der Waals surface area contributed by atoms with Crippen molar-refractivity contribution >= 4 is 5.97 Å². The van der Waals surface area contributed by atoms with Crippen LogP contribution in [-0.2, 0) is 4.79 Å². The number of hydrogen-bond donors (Lipinski definition) is 1. The lowest BCUT2D eigenvalue weighted by atomic mass is 9.89. The molecule has 1 N–H and O–H groups in total. The lowest BCUT2D eigenvalue weighted by molar-refractivity contribution is -0.151. The van der Waals surface area contributed by atoms with Gasteiger partial charge in [0.15, 0.2) is 0 Å². The number of hydrogen-bond acceptors (Lipinski definition) is 2. The molecule has 0 bridgehead atoms. The Morgan fingerprint density at radius 3 is 2.62 bits per heavy atom. The summed E-state index contributed by atoms with van der Waals surface area (Å²) in [6.45, 7) is 3.09. The van der Waals surface area contributed by atoms with Gasteiger partial charge in [0.25, 0.3) is 0 Å². The van der Waals surface area contributed by atoms with E-state index in [-0.39, 0.29) is 0 Å². The van der Waals surface area contributed by atoms with E-state index in [9.17, 15) is 9.90 Å². The molecule has 1 aliphatic heterocycles. The van der Waals surface area contributed by atoms with Crippen LogP contribution >= 0.6 is 0 Å². The zero-order valence-electron chi connectivity index (χ0n) is 10.2. The summed E-state index contributed by atoms with van der Waals surface area (Å²) in [4.78, 5) is 14.0. The number of carbonyl (C=O) groups is 1.